The Morgan fingerprint density at radius 1 is 0.967 bits per heavy atom. The van der Waals surface area contributed by atoms with Crippen molar-refractivity contribution in [2.24, 2.45) is 7.05 Å². The van der Waals surface area contributed by atoms with Gasteiger partial charge in [0.1, 0.15) is 18.0 Å². The Labute approximate surface area is 175 Å². The monoisotopic (exact) mass is 400 g/mol. The zero-order valence-electron chi connectivity index (χ0n) is 17.0. The number of hydrogen-bond donors (Lipinski definition) is 0. The highest BCUT2D eigenvalue weighted by atomic mass is 16.2. The molecule has 0 N–H and O–H groups in total. The number of carbonyl (C=O) groups excluding carboxylic acids is 1. The number of nitrogens with zero attached hydrogens (tertiary/aromatic N) is 6. The molecule has 0 aliphatic carbocycles. The zero-order valence-corrected chi connectivity index (χ0v) is 17.0. The molecular weight excluding hydrogens is 376 g/mol. The maximum atomic E-state index is 12.9. The van der Waals surface area contributed by atoms with Crippen molar-refractivity contribution < 1.29 is 4.79 Å². The number of para-hydroxylation sites is 1. The SMILES string of the molecule is Cn1cc(CC(=O)N2CCN(c3cc(-n4cccc4)ncn3)CC2)c2ccccc21. The van der Waals surface area contributed by atoms with Crippen LogP contribution in [-0.2, 0) is 18.3 Å². The third kappa shape index (κ3) is 3.43. The van der Waals surface area contributed by atoms with E-state index in [2.05, 4.69) is 37.8 Å². The molecule has 0 bridgehead atoms. The van der Waals surface area contributed by atoms with Gasteiger partial charge in [0.15, 0.2) is 0 Å². The van der Waals surface area contributed by atoms with Crippen molar-refractivity contribution in [2.45, 2.75) is 6.42 Å². The lowest BCUT2D eigenvalue weighted by Crippen LogP contribution is -2.49. The summed E-state index contributed by atoms with van der Waals surface area (Å²) in [5, 5.41) is 1.16. The van der Waals surface area contributed by atoms with Crippen molar-refractivity contribution in [3.8, 4) is 5.82 Å². The van der Waals surface area contributed by atoms with Gasteiger partial charge in [0.2, 0.25) is 5.91 Å². The summed E-state index contributed by atoms with van der Waals surface area (Å²) >= 11 is 0. The first-order valence-corrected chi connectivity index (χ1v) is 10.2. The summed E-state index contributed by atoms with van der Waals surface area (Å²) < 4.78 is 4.06. The van der Waals surface area contributed by atoms with Gasteiger partial charge in [-0.05, 0) is 23.8 Å². The minimum Gasteiger partial charge on any atom is -0.353 e. The molecule has 5 rings (SSSR count). The van der Waals surface area contributed by atoms with Crippen molar-refractivity contribution >= 4 is 22.6 Å². The van der Waals surface area contributed by atoms with Gasteiger partial charge in [-0.3, -0.25) is 4.79 Å². The smallest absolute Gasteiger partial charge is 0.227 e. The third-order valence-corrected chi connectivity index (χ3v) is 5.78. The maximum absolute atomic E-state index is 12.9. The van der Waals surface area contributed by atoms with E-state index in [-0.39, 0.29) is 5.91 Å². The van der Waals surface area contributed by atoms with Crippen LogP contribution in [0.1, 0.15) is 5.56 Å². The van der Waals surface area contributed by atoms with Gasteiger partial charge in [-0.15, -0.1) is 0 Å². The lowest BCUT2D eigenvalue weighted by Gasteiger charge is -2.35. The second-order valence-electron chi connectivity index (χ2n) is 7.65. The standard InChI is InChI=1S/C23H24N6O/c1-26-16-18(19-6-2-3-7-20(19)26)14-23(30)29-12-10-28(11-13-29)22-15-21(24-17-25-22)27-8-4-5-9-27/h2-9,15-17H,10-14H2,1H3. The highest BCUT2D eigenvalue weighted by Crippen LogP contribution is 2.22. The molecule has 0 unspecified atom stereocenters. The summed E-state index contributed by atoms with van der Waals surface area (Å²) in [5.41, 5.74) is 2.25. The second-order valence-corrected chi connectivity index (χ2v) is 7.65. The van der Waals surface area contributed by atoms with Crippen molar-refractivity contribution in [3.05, 3.63) is 72.9 Å². The van der Waals surface area contributed by atoms with Gasteiger partial charge >= 0.3 is 0 Å². The van der Waals surface area contributed by atoms with Crippen LogP contribution in [0.2, 0.25) is 0 Å². The average molecular weight is 400 g/mol. The second kappa shape index (κ2) is 7.67. The molecule has 1 aliphatic rings. The van der Waals surface area contributed by atoms with Crippen molar-refractivity contribution in [1.29, 1.82) is 0 Å². The van der Waals surface area contributed by atoms with Crippen molar-refractivity contribution in [3.63, 3.8) is 0 Å². The molecule has 4 heterocycles. The summed E-state index contributed by atoms with van der Waals surface area (Å²) in [6, 6.07) is 14.2. The normalized spacial score (nSPS) is 14.4. The Morgan fingerprint density at radius 3 is 2.50 bits per heavy atom. The number of anilines is 1. The van der Waals surface area contributed by atoms with E-state index in [1.165, 1.54) is 0 Å². The fraction of sp³-hybridized carbons (Fsp3) is 0.261. The first kappa shape index (κ1) is 18.4. The Balaban J connectivity index is 1.25. The summed E-state index contributed by atoms with van der Waals surface area (Å²) in [6.07, 6.45) is 8.05. The molecule has 1 saturated heterocycles. The van der Waals surface area contributed by atoms with E-state index < -0.39 is 0 Å². The molecule has 4 aromatic rings. The van der Waals surface area contributed by atoms with Crippen LogP contribution in [0.4, 0.5) is 5.82 Å². The molecule has 30 heavy (non-hydrogen) atoms. The van der Waals surface area contributed by atoms with Crippen LogP contribution in [0, 0.1) is 0 Å². The number of amides is 1. The van der Waals surface area contributed by atoms with Crippen LogP contribution in [0.25, 0.3) is 16.7 Å². The van der Waals surface area contributed by atoms with Crippen LogP contribution in [0.3, 0.4) is 0 Å². The fourth-order valence-corrected chi connectivity index (χ4v) is 4.16. The Hall–Kier alpha value is -3.61. The van der Waals surface area contributed by atoms with Crippen LogP contribution >= 0.6 is 0 Å². The predicted octanol–water partition coefficient (Wildman–Crippen LogP) is 2.65. The lowest BCUT2D eigenvalue weighted by molar-refractivity contribution is -0.130. The fourth-order valence-electron chi connectivity index (χ4n) is 4.16. The van der Waals surface area contributed by atoms with Gasteiger partial charge in [0.05, 0.1) is 6.42 Å². The number of fused-ring (bicyclic) bond motifs is 1. The predicted molar refractivity (Wildman–Crippen MR) is 117 cm³/mol. The summed E-state index contributed by atoms with van der Waals surface area (Å²) in [6.45, 7) is 2.94. The number of benzene rings is 1. The van der Waals surface area contributed by atoms with Crippen LogP contribution in [0.15, 0.2) is 67.4 Å². The number of hydrogen-bond acceptors (Lipinski definition) is 4. The van der Waals surface area contributed by atoms with E-state index in [4.69, 9.17) is 0 Å². The molecular formula is C23H24N6O. The van der Waals surface area contributed by atoms with E-state index in [0.29, 0.717) is 19.5 Å². The van der Waals surface area contributed by atoms with E-state index >= 15 is 0 Å². The first-order chi connectivity index (χ1) is 14.7. The molecule has 1 amide bonds. The highest BCUT2D eigenvalue weighted by Gasteiger charge is 2.23. The summed E-state index contributed by atoms with van der Waals surface area (Å²) in [4.78, 5) is 25.9. The largest absolute Gasteiger partial charge is 0.353 e. The molecule has 3 aromatic heterocycles. The van der Waals surface area contributed by atoms with E-state index in [1.807, 2.05) is 59.2 Å². The van der Waals surface area contributed by atoms with Gasteiger partial charge in [-0.2, -0.15) is 0 Å². The number of piperazine rings is 1. The van der Waals surface area contributed by atoms with Gasteiger partial charge in [-0.1, -0.05) is 18.2 Å². The van der Waals surface area contributed by atoms with Crippen LogP contribution in [-0.4, -0.2) is 56.1 Å². The molecule has 152 valence electrons. The molecule has 0 spiro atoms. The molecule has 0 atom stereocenters. The van der Waals surface area contributed by atoms with E-state index in [0.717, 1.165) is 41.2 Å². The number of carbonyl (C=O) groups is 1. The van der Waals surface area contributed by atoms with E-state index in [1.54, 1.807) is 6.33 Å². The number of rotatable bonds is 4. The molecule has 7 nitrogen and oxygen atoms in total. The molecule has 1 fully saturated rings. The Bertz CT molecular complexity index is 1170. The Morgan fingerprint density at radius 2 is 1.70 bits per heavy atom. The third-order valence-electron chi connectivity index (χ3n) is 5.78. The van der Waals surface area contributed by atoms with Crippen molar-refractivity contribution in [1.82, 2.24) is 24.0 Å². The number of aryl methyl sites for hydroxylation is 1. The van der Waals surface area contributed by atoms with Gasteiger partial charge in [0.25, 0.3) is 0 Å². The van der Waals surface area contributed by atoms with Gasteiger partial charge in [-0.25, -0.2) is 9.97 Å². The van der Waals surface area contributed by atoms with Crippen molar-refractivity contribution in [2.75, 3.05) is 31.1 Å². The number of aromatic nitrogens is 4. The maximum Gasteiger partial charge on any atom is 0.227 e. The molecule has 1 aromatic carbocycles. The molecule has 0 radical (unpaired) electrons. The average Bonchev–Trinajstić information content (AvgIpc) is 3.43. The van der Waals surface area contributed by atoms with E-state index in [9.17, 15) is 4.79 Å². The molecule has 7 heteroatoms. The van der Waals surface area contributed by atoms with Gasteiger partial charge < -0.3 is 18.9 Å². The van der Waals surface area contributed by atoms with Crippen LogP contribution in [0.5, 0.6) is 0 Å². The Kier molecular flexibility index (Phi) is 4.71. The molecule has 1 aliphatic heterocycles. The van der Waals surface area contributed by atoms with Gasteiger partial charge in [0, 0.05) is 68.8 Å². The minimum absolute atomic E-state index is 0.182. The zero-order chi connectivity index (χ0) is 20.5. The minimum atomic E-state index is 0.182. The highest BCUT2D eigenvalue weighted by molar-refractivity contribution is 5.89. The first-order valence-electron chi connectivity index (χ1n) is 10.2. The lowest BCUT2D eigenvalue weighted by atomic mass is 10.1. The quantitative estimate of drug-likeness (QED) is 0.528. The topological polar surface area (TPSA) is 59.2 Å². The summed E-state index contributed by atoms with van der Waals surface area (Å²) in [7, 11) is 2.03. The summed E-state index contributed by atoms with van der Waals surface area (Å²) in [5.74, 6) is 1.93. The molecule has 0 saturated carbocycles. The van der Waals surface area contributed by atoms with Crippen LogP contribution < -0.4 is 4.90 Å².